The highest BCUT2D eigenvalue weighted by Gasteiger charge is 2.44. The van der Waals surface area contributed by atoms with Gasteiger partial charge in [-0.05, 0) is 62.9 Å². The third-order valence-electron chi connectivity index (χ3n) is 6.76. The number of carbonyl (C=O) groups excluding carboxylic acids is 1. The van der Waals surface area contributed by atoms with Crippen molar-refractivity contribution in [2.75, 3.05) is 20.2 Å². The van der Waals surface area contributed by atoms with Crippen LogP contribution < -0.4 is 9.47 Å². The number of carbonyl (C=O) groups is 1. The standard InChI is InChI=1S/C27H35NO5/c1-18(2)32-23-10-9-20(15-25(23)31-4)26(30)28-13-11-27(12-14-28)17-21(29)16-24(33-27)22-8-6-5-7-19(22)3/h5-10,15,18,21,24,29H,11-14,16-17H2,1-4H3/t21-,24+/m0/s1. The van der Waals surface area contributed by atoms with E-state index in [4.69, 9.17) is 14.2 Å². The van der Waals surface area contributed by atoms with Gasteiger partial charge < -0.3 is 24.2 Å². The number of piperidine rings is 1. The van der Waals surface area contributed by atoms with Gasteiger partial charge in [0.1, 0.15) is 0 Å². The lowest BCUT2D eigenvalue weighted by atomic mass is 9.80. The molecule has 2 atom stereocenters. The summed E-state index contributed by atoms with van der Waals surface area (Å²) >= 11 is 0. The first-order valence-corrected chi connectivity index (χ1v) is 11.9. The summed E-state index contributed by atoms with van der Waals surface area (Å²) in [4.78, 5) is 15.1. The number of methoxy groups -OCH3 is 1. The molecule has 2 heterocycles. The van der Waals surface area contributed by atoms with E-state index >= 15 is 0 Å². The number of aliphatic hydroxyl groups excluding tert-OH is 1. The fourth-order valence-corrected chi connectivity index (χ4v) is 5.07. The zero-order chi connectivity index (χ0) is 23.6. The number of likely N-dealkylation sites (tertiary alicyclic amines) is 1. The Morgan fingerprint density at radius 1 is 1.15 bits per heavy atom. The lowest BCUT2D eigenvalue weighted by Crippen LogP contribution is -2.52. The molecule has 1 amide bonds. The Morgan fingerprint density at radius 2 is 1.88 bits per heavy atom. The summed E-state index contributed by atoms with van der Waals surface area (Å²) in [5.41, 5.74) is 2.51. The Kier molecular flexibility index (Phi) is 6.96. The van der Waals surface area contributed by atoms with E-state index in [2.05, 4.69) is 19.1 Å². The monoisotopic (exact) mass is 453 g/mol. The SMILES string of the molecule is COc1cc(C(=O)N2CCC3(CC2)C[C@@H](O)C[C@H](c2ccccc2C)O3)ccc1OC(C)C. The molecule has 6 nitrogen and oxygen atoms in total. The van der Waals surface area contributed by atoms with E-state index in [1.54, 1.807) is 25.3 Å². The van der Waals surface area contributed by atoms with Gasteiger partial charge in [0, 0.05) is 31.5 Å². The molecule has 1 N–H and O–H groups in total. The van der Waals surface area contributed by atoms with E-state index in [-0.39, 0.29) is 18.1 Å². The Balaban J connectivity index is 1.44. The molecule has 1 spiro atoms. The van der Waals surface area contributed by atoms with Crippen LogP contribution >= 0.6 is 0 Å². The number of amides is 1. The minimum absolute atomic E-state index is 0.0214. The van der Waals surface area contributed by atoms with Crippen molar-refractivity contribution >= 4 is 5.91 Å². The molecule has 0 bridgehead atoms. The van der Waals surface area contributed by atoms with Gasteiger partial charge in [0.2, 0.25) is 0 Å². The summed E-state index contributed by atoms with van der Waals surface area (Å²) in [6.07, 6.45) is 2.16. The molecule has 0 aromatic heterocycles. The van der Waals surface area contributed by atoms with Crippen molar-refractivity contribution in [2.45, 2.75) is 70.4 Å². The molecule has 0 aliphatic carbocycles. The van der Waals surface area contributed by atoms with Gasteiger partial charge in [-0.2, -0.15) is 0 Å². The van der Waals surface area contributed by atoms with Gasteiger partial charge in [-0.1, -0.05) is 24.3 Å². The number of ether oxygens (including phenoxy) is 3. The predicted molar refractivity (Wildman–Crippen MR) is 127 cm³/mol. The van der Waals surface area contributed by atoms with E-state index in [9.17, 15) is 9.90 Å². The van der Waals surface area contributed by atoms with E-state index in [1.807, 2.05) is 30.9 Å². The third kappa shape index (κ3) is 5.17. The molecule has 2 aliphatic rings. The van der Waals surface area contributed by atoms with Gasteiger partial charge in [0.15, 0.2) is 11.5 Å². The normalized spacial score (nSPS) is 22.4. The zero-order valence-electron chi connectivity index (χ0n) is 20.0. The summed E-state index contributed by atoms with van der Waals surface area (Å²) < 4.78 is 17.9. The minimum atomic E-state index is -0.400. The summed E-state index contributed by atoms with van der Waals surface area (Å²) in [5, 5.41) is 10.7. The second-order valence-electron chi connectivity index (χ2n) is 9.56. The Labute approximate surface area is 196 Å². The number of aryl methyl sites for hydroxylation is 1. The molecule has 2 aromatic rings. The van der Waals surface area contributed by atoms with Gasteiger partial charge in [-0.3, -0.25) is 4.79 Å². The highest BCUT2D eigenvalue weighted by atomic mass is 16.5. The number of rotatable bonds is 5. The van der Waals surface area contributed by atoms with Crippen molar-refractivity contribution in [3.8, 4) is 11.5 Å². The van der Waals surface area contributed by atoms with Crippen LogP contribution in [0.5, 0.6) is 11.5 Å². The summed E-state index contributed by atoms with van der Waals surface area (Å²) in [6, 6.07) is 13.6. The molecule has 0 radical (unpaired) electrons. The topological polar surface area (TPSA) is 68.2 Å². The van der Waals surface area contributed by atoms with Crippen LogP contribution in [-0.4, -0.2) is 53.9 Å². The van der Waals surface area contributed by atoms with Crippen molar-refractivity contribution < 1.29 is 24.1 Å². The van der Waals surface area contributed by atoms with Crippen LogP contribution in [0.4, 0.5) is 0 Å². The number of aliphatic hydroxyl groups is 1. The smallest absolute Gasteiger partial charge is 0.253 e. The summed E-state index contributed by atoms with van der Waals surface area (Å²) in [6.45, 7) is 7.18. The Morgan fingerprint density at radius 3 is 2.55 bits per heavy atom. The number of hydrogen-bond donors (Lipinski definition) is 1. The minimum Gasteiger partial charge on any atom is -0.493 e. The molecule has 178 valence electrons. The molecule has 0 unspecified atom stereocenters. The quantitative estimate of drug-likeness (QED) is 0.712. The number of benzene rings is 2. The van der Waals surface area contributed by atoms with Gasteiger partial charge in [0.05, 0.1) is 31.0 Å². The van der Waals surface area contributed by atoms with Crippen LogP contribution in [0.3, 0.4) is 0 Å². The maximum atomic E-state index is 13.2. The van der Waals surface area contributed by atoms with Crippen molar-refractivity contribution in [3.63, 3.8) is 0 Å². The van der Waals surface area contributed by atoms with E-state index in [0.29, 0.717) is 55.8 Å². The fraction of sp³-hybridized carbons (Fsp3) is 0.519. The number of nitrogens with zero attached hydrogens (tertiary/aromatic N) is 1. The van der Waals surface area contributed by atoms with Crippen molar-refractivity contribution in [1.29, 1.82) is 0 Å². The lowest BCUT2D eigenvalue weighted by molar-refractivity contribution is -0.181. The molecule has 6 heteroatoms. The van der Waals surface area contributed by atoms with E-state index < -0.39 is 11.7 Å². The zero-order valence-corrected chi connectivity index (χ0v) is 20.0. The average Bonchev–Trinajstić information content (AvgIpc) is 2.79. The van der Waals surface area contributed by atoms with Gasteiger partial charge >= 0.3 is 0 Å². The van der Waals surface area contributed by atoms with Crippen LogP contribution in [0.2, 0.25) is 0 Å². The fourth-order valence-electron chi connectivity index (χ4n) is 5.07. The Hall–Kier alpha value is -2.57. The Bertz CT molecular complexity index is 980. The van der Waals surface area contributed by atoms with Crippen LogP contribution in [0.25, 0.3) is 0 Å². The first kappa shape index (κ1) is 23.6. The van der Waals surface area contributed by atoms with Gasteiger partial charge in [-0.25, -0.2) is 0 Å². The van der Waals surface area contributed by atoms with Crippen LogP contribution in [0.1, 0.15) is 67.1 Å². The molecule has 4 rings (SSSR count). The van der Waals surface area contributed by atoms with Gasteiger partial charge in [-0.15, -0.1) is 0 Å². The maximum Gasteiger partial charge on any atom is 0.253 e. The molecular formula is C27H35NO5. The number of hydrogen-bond acceptors (Lipinski definition) is 5. The molecule has 2 fully saturated rings. The summed E-state index contributed by atoms with van der Waals surface area (Å²) in [7, 11) is 1.58. The van der Waals surface area contributed by atoms with E-state index in [1.165, 1.54) is 5.56 Å². The molecular weight excluding hydrogens is 418 g/mol. The van der Waals surface area contributed by atoms with Crippen molar-refractivity contribution in [3.05, 3.63) is 59.2 Å². The maximum absolute atomic E-state index is 13.2. The van der Waals surface area contributed by atoms with Crippen molar-refractivity contribution in [2.24, 2.45) is 0 Å². The molecule has 0 saturated carbocycles. The van der Waals surface area contributed by atoms with Crippen molar-refractivity contribution in [1.82, 2.24) is 4.90 Å². The van der Waals surface area contributed by atoms with E-state index in [0.717, 1.165) is 5.56 Å². The van der Waals surface area contributed by atoms with Crippen LogP contribution in [0, 0.1) is 6.92 Å². The summed E-state index contributed by atoms with van der Waals surface area (Å²) in [5.74, 6) is 1.17. The second kappa shape index (κ2) is 9.74. The predicted octanol–water partition coefficient (Wildman–Crippen LogP) is 4.68. The van der Waals surface area contributed by atoms with Gasteiger partial charge in [0.25, 0.3) is 5.91 Å². The first-order chi connectivity index (χ1) is 15.8. The molecule has 2 aromatic carbocycles. The first-order valence-electron chi connectivity index (χ1n) is 11.9. The van der Waals surface area contributed by atoms with Crippen LogP contribution in [-0.2, 0) is 4.74 Å². The highest BCUT2D eigenvalue weighted by Crippen LogP contribution is 2.43. The lowest BCUT2D eigenvalue weighted by Gasteiger charge is -2.48. The third-order valence-corrected chi connectivity index (χ3v) is 6.76. The molecule has 2 saturated heterocycles. The van der Waals surface area contributed by atoms with Crippen LogP contribution in [0.15, 0.2) is 42.5 Å². The highest BCUT2D eigenvalue weighted by molar-refractivity contribution is 5.95. The second-order valence-corrected chi connectivity index (χ2v) is 9.56. The largest absolute Gasteiger partial charge is 0.493 e. The molecule has 33 heavy (non-hydrogen) atoms. The molecule has 2 aliphatic heterocycles. The average molecular weight is 454 g/mol.